The quantitative estimate of drug-likeness (QED) is 0.879. The highest BCUT2D eigenvalue weighted by Crippen LogP contribution is 2.24. The zero-order valence-electron chi connectivity index (χ0n) is 15.9. The molecule has 2 aromatic rings. The summed E-state index contributed by atoms with van der Waals surface area (Å²) in [5, 5.41) is 2.71. The maximum absolute atomic E-state index is 13.4. The van der Waals surface area contributed by atoms with Gasteiger partial charge in [0.15, 0.2) is 11.5 Å². The number of nitrogens with one attached hydrogen (secondary N) is 1. The number of nitrogens with zero attached hydrogens (tertiary/aromatic N) is 3. The molecule has 148 valence electrons. The maximum Gasteiger partial charge on any atom is 0.289 e. The van der Waals surface area contributed by atoms with Crippen LogP contribution in [0, 0.1) is 5.82 Å². The van der Waals surface area contributed by atoms with Gasteiger partial charge in [-0.15, -0.1) is 0 Å². The van der Waals surface area contributed by atoms with Crippen molar-refractivity contribution in [2.75, 3.05) is 18.4 Å². The molecule has 0 saturated carbocycles. The van der Waals surface area contributed by atoms with Gasteiger partial charge in [-0.2, -0.15) is 0 Å². The predicted octanol–water partition coefficient (Wildman–Crippen LogP) is 3.63. The third-order valence-corrected chi connectivity index (χ3v) is 5.50. The second-order valence-electron chi connectivity index (χ2n) is 7.51. The van der Waals surface area contributed by atoms with Crippen LogP contribution in [0.4, 0.5) is 10.1 Å². The average Bonchev–Trinajstić information content (AvgIpc) is 2.87. The van der Waals surface area contributed by atoms with Gasteiger partial charge in [0.25, 0.3) is 11.8 Å². The Bertz CT molecular complexity index is 885. The summed E-state index contributed by atoms with van der Waals surface area (Å²) in [5.74, 6) is -0.538. The molecule has 2 aliphatic heterocycles. The van der Waals surface area contributed by atoms with Gasteiger partial charge in [0.05, 0.1) is 5.69 Å². The van der Waals surface area contributed by atoms with Crippen molar-refractivity contribution in [1.29, 1.82) is 0 Å². The van der Waals surface area contributed by atoms with E-state index in [0.29, 0.717) is 24.5 Å². The summed E-state index contributed by atoms with van der Waals surface area (Å²) in [6, 6.07) is 5.77. The van der Waals surface area contributed by atoms with Gasteiger partial charge >= 0.3 is 0 Å². The third-order valence-electron chi connectivity index (χ3n) is 5.50. The molecule has 0 radical (unpaired) electrons. The molecule has 1 fully saturated rings. The molecule has 4 rings (SSSR count). The largest absolute Gasteiger partial charge is 0.336 e. The fourth-order valence-corrected chi connectivity index (χ4v) is 4.06. The van der Waals surface area contributed by atoms with Gasteiger partial charge in [-0.3, -0.25) is 9.59 Å². The molecule has 2 amide bonds. The normalized spacial score (nSPS) is 17.0. The Balaban J connectivity index is 1.63. The number of fused-ring (bicyclic) bond motifs is 1. The Labute approximate surface area is 163 Å². The van der Waals surface area contributed by atoms with E-state index in [1.807, 2.05) is 9.47 Å². The second-order valence-corrected chi connectivity index (χ2v) is 7.51. The topological polar surface area (TPSA) is 67.2 Å². The predicted molar refractivity (Wildman–Crippen MR) is 104 cm³/mol. The first-order chi connectivity index (χ1) is 13.6. The van der Waals surface area contributed by atoms with E-state index in [1.54, 1.807) is 12.1 Å². The molecule has 1 aromatic heterocycles. The van der Waals surface area contributed by atoms with Crippen molar-refractivity contribution < 1.29 is 14.0 Å². The molecule has 3 heterocycles. The van der Waals surface area contributed by atoms with Gasteiger partial charge < -0.3 is 14.8 Å². The zero-order chi connectivity index (χ0) is 19.5. The van der Waals surface area contributed by atoms with Crippen LogP contribution in [0.15, 0.2) is 24.3 Å². The molecule has 7 heteroatoms. The average molecular weight is 384 g/mol. The molecule has 1 aromatic carbocycles. The molecule has 0 aliphatic carbocycles. The number of hydrogen-bond donors (Lipinski definition) is 1. The molecule has 0 bridgehead atoms. The Hall–Kier alpha value is -2.70. The lowest BCUT2D eigenvalue weighted by Crippen LogP contribution is -2.34. The third kappa shape index (κ3) is 3.79. The maximum atomic E-state index is 13.4. The summed E-state index contributed by atoms with van der Waals surface area (Å²) in [4.78, 5) is 32.3. The first-order valence-electron chi connectivity index (χ1n) is 10.1. The highest BCUT2D eigenvalue weighted by Gasteiger charge is 2.30. The molecule has 2 aliphatic rings. The Morgan fingerprint density at radius 2 is 1.75 bits per heavy atom. The number of amides is 2. The minimum atomic E-state index is -0.415. The molecule has 1 saturated heterocycles. The van der Waals surface area contributed by atoms with E-state index < -0.39 is 11.7 Å². The molecule has 6 nitrogen and oxygen atoms in total. The fourth-order valence-electron chi connectivity index (χ4n) is 4.06. The fraction of sp³-hybridized carbons (Fsp3) is 0.476. The minimum absolute atomic E-state index is 0.0881. The van der Waals surface area contributed by atoms with E-state index >= 15 is 0 Å². The molecule has 0 spiro atoms. The van der Waals surface area contributed by atoms with Crippen molar-refractivity contribution in [3.8, 4) is 0 Å². The van der Waals surface area contributed by atoms with Crippen molar-refractivity contribution in [2.45, 2.75) is 51.5 Å². The van der Waals surface area contributed by atoms with Crippen LogP contribution in [0.5, 0.6) is 0 Å². The van der Waals surface area contributed by atoms with Gasteiger partial charge in [-0.1, -0.05) is 18.9 Å². The number of imidazole rings is 1. The number of carbonyl (C=O) groups excluding carboxylic acids is 2. The van der Waals surface area contributed by atoms with Crippen LogP contribution < -0.4 is 5.32 Å². The lowest BCUT2D eigenvalue weighted by molar-refractivity contribution is 0.0743. The van der Waals surface area contributed by atoms with Crippen molar-refractivity contribution in [1.82, 2.24) is 14.5 Å². The first kappa shape index (κ1) is 18.7. The second kappa shape index (κ2) is 8.12. The van der Waals surface area contributed by atoms with Crippen LogP contribution in [-0.4, -0.2) is 39.4 Å². The summed E-state index contributed by atoms with van der Waals surface area (Å²) in [5.41, 5.74) is 1.46. The standard InChI is InChI=1S/C21H25FN4O2/c22-15-8-7-9-16(14-15)23-20(27)18-17-10-3-6-13-26(17)19(24-18)21(28)25-11-4-1-2-5-12-25/h7-9,14H,1-6,10-13H2,(H,23,27). The number of benzene rings is 1. The summed E-state index contributed by atoms with van der Waals surface area (Å²) in [6.45, 7) is 2.18. The Morgan fingerprint density at radius 3 is 2.50 bits per heavy atom. The van der Waals surface area contributed by atoms with Crippen LogP contribution in [0.2, 0.25) is 0 Å². The van der Waals surface area contributed by atoms with E-state index in [1.165, 1.54) is 12.1 Å². The van der Waals surface area contributed by atoms with Gasteiger partial charge in [0.1, 0.15) is 5.82 Å². The summed E-state index contributed by atoms with van der Waals surface area (Å²) < 4.78 is 15.3. The SMILES string of the molecule is O=C(Nc1cccc(F)c1)c1nc(C(=O)N2CCCCCC2)n2c1CCCC2. The van der Waals surface area contributed by atoms with Crippen molar-refractivity contribution >= 4 is 17.5 Å². The monoisotopic (exact) mass is 384 g/mol. The van der Waals surface area contributed by atoms with Crippen LogP contribution >= 0.6 is 0 Å². The van der Waals surface area contributed by atoms with Crippen LogP contribution in [-0.2, 0) is 13.0 Å². The van der Waals surface area contributed by atoms with Crippen LogP contribution in [0.1, 0.15) is 65.3 Å². The smallest absolute Gasteiger partial charge is 0.289 e. The zero-order valence-corrected chi connectivity index (χ0v) is 15.9. The highest BCUT2D eigenvalue weighted by molar-refractivity contribution is 6.05. The molecule has 0 atom stereocenters. The van der Waals surface area contributed by atoms with E-state index in [4.69, 9.17) is 0 Å². The lowest BCUT2D eigenvalue weighted by Gasteiger charge is -2.22. The van der Waals surface area contributed by atoms with Gasteiger partial charge in [-0.25, -0.2) is 9.37 Å². The number of aromatic nitrogens is 2. The number of carbonyl (C=O) groups is 2. The van der Waals surface area contributed by atoms with Crippen LogP contribution in [0.3, 0.4) is 0 Å². The summed E-state index contributed by atoms with van der Waals surface area (Å²) >= 11 is 0. The van der Waals surface area contributed by atoms with Crippen molar-refractivity contribution in [3.05, 3.63) is 47.3 Å². The van der Waals surface area contributed by atoms with E-state index in [-0.39, 0.29) is 11.6 Å². The van der Waals surface area contributed by atoms with Crippen molar-refractivity contribution in [2.24, 2.45) is 0 Å². The molecule has 28 heavy (non-hydrogen) atoms. The summed E-state index contributed by atoms with van der Waals surface area (Å²) in [6.07, 6.45) is 6.94. The van der Waals surface area contributed by atoms with Gasteiger partial charge in [0, 0.05) is 25.3 Å². The van der Waals surface area contributed by atoms with E-state index in [0.717, 1.165) is 57.3 Å². The number of hydrogen-bond acceptors (Lipinski definition) is 3. The Kier molecular flexibility index (Phi) is 5.41. The number of rotatable bonds is 3. The molecule has 0 unspecified atom stereocenters. The van der Waals surface area contributed by atoms with Crippen LogP contribution in [0.25, 0.3) is 0 Å². The highest BCUT2D eigenvalue weighted by atomic mass is 19.1. The molecular weight excluding hydrogens is 359 g/mol. The number of anilines is 1. The lowest BCUT2D eigenvalue weighted by atomic mass is 10.1. The van der Waals surface area contributed by atoms with Gasteiger partial charge in [0.2, 0.25) is 0 Å². The number of halogens is 1. The summed E-state index contributed by atoms with van der Waals surface area (Å²) in [7, 11) is 0. The number of likely N-dealkylation sites (tertiary alicyclic amines) is 1. The van der Waals surface area contributed by atoms with Gasteiger partial charge in [-0.05, 0) is 50.3 Å². The Morgan fingerprint density at radius 1 is 1.00 bits per heavy atom. The van der Waals surface area contributed by atoms with E-state index in [9.17, 15) is 14.0 Å². The van der Waals surface area contributed by atoms with E-state index in [2.05, 4.69) is 10.3 Å². The molecular formula is C21H25FN4O2. The minimum Gasteiger partial charge on any atom is -0.336 e. The van der Waals surface area contributed by atoms with Crippen molar-refractivity contribution in [3.63, 3.8) is 0 Å². The molecule has 1 N–H and O–H groups in total. The first-order valence-corrected chi connectivity index (χ1v) is 10.1.